The van der Waals surface area contributed by atoms with E-state index in [1.54, 1.807) is 52.7 Å². The van der Waals surface area contributed by atoms with Gasteiger partial charge in [-0.15, -0.1) is 6.58 Å². The molecule has 1 atom stereocenters. The molecular formula is C25H24N4O2. The van der Waals surface area contributed by atoms with Gasteiger partial charge in [-0.3, -0.25) is 19.6 Å². The molecule has 6 nitrogen and oxygen atoms in total. The van der Waals surface area contributed by atoms with Gasteiger partial charge in [-0.1, -0.05) is 36.4 Å². The second kappa shape index (κ2) is 9.34. The van der Waals surface area contributed by atoms with Crippen LogP contribution in [-0.2, 0) is 11.2 Å². The lowest BCUT2D eigenvalue weighted by molar-refractivity contribution is -0.139. The molecule has 6 heteroatoms. The number of benzene rings is 1. The Morgan fingerprint density at radius 3 is 2.61 bits per heavy atom. The highest BCUT2D eigenvalue weighted by Gasteiger charge is 2.37. The fourth-order valence-corrected chi connectivity index (χ4v) is 3.90. The minimum Gasteiger partial charge on any atom is -0.335 e. The van der Waals surface area contributed by atoms with Crippen molar-refractivity contribution in [2.45, 2.75) is 12.5 Å². The van der Waals surface area contributed by atoms with E-state index in [1.807, 2.05) is 30.3 Å². The molecule has 2 amide bonds. The van der Waals surface area contributed by atoms with Gasteiger partial charge in [0.2, 0.25) is 5.91 Å². The van der Waals surface area contributed by atoms with Gasteiger partial charge in [0.25, 0.3) is 5.91 Å². The van der Waals surface area contributed by atoms with Gasteiger partial charge < -0.3 is 9.80 Å². The molecule has 156 valence electrons. The fourth-order valence-electron chi connectivity index (χ4n) is 3.90. The lowest BCUT2D eigenvalue weighted by Crippen LogP contribution is -2.59. The molecule has 0 N–H and O–H groups in total. The number of hydrogen-bond acceptors (Lipinski definition) is 4. The number of rotatable bonds is 6. The average molecular weight is 412 g/mol. The monoisotopic (exact) mass is 412 g/mol. The van der Waals surface area contributed by atoms with Crippen LogP contribution in [0.2, 0.25) is 0 Å². The van der Waals surface area contributed by atoms with Gasteiger partial charge in [-0.05, 0) is 41.0 Å². The average Bonchev–Trinajstić information content (AvgIpc) is 2.83. The second-order valence-electron chi connectivity index (χ2n) is 7.44. The van der Waals surface area contributed by atoms with E-state index >= 15 is 0 Å². The summed E-state index contributed by atoms with van der Waals surface area (Å²) in [5.41, 5.74) is 3.45. The molecule has 1 fully saturated rings. The van der Waals surface area contributed by atoms with Gasteiger partial charge in [-0.2, -0.15) is 0 Å². The molecule has 1 aliphatic rings. The van der Waals surface area contributed by atoms with Crippen molar-refractivity contribution in [2.75, 3.05) is 19.6 Å². The maximum Gasteiger partial charge on any atom is 0.273 e. The Morgan fingerprint density at radius 1 is 1.03 bits per heavy atom. The Balaban J connectivity index is 1.63. The largest absolute Gasteiger partial charge is 0.335 e. The van der Waals surface area contributed by atoms with Gasteiger partial charge in [-0.25, -0.2) is 0 Å². The first-order valence-corrected chi connectivity index (χ1v) is 10.3. The van der Waals surface area contributed by atoms with Gasteiger partial charge in [0, 0.05) is 44.6 Å². The van der Waals surface area contributed by atoms with Crippen LogP contribution < -0.4 is 0 Å². The summed E-state index contributed by atoms with van der Waals surface area (Å²) in [7, 11) is 0. The number of hydrogen-bond donors (Lipinski definition) is 0. The Morgan fingerprint density at radius 2 is 1.87 bits per heavy atom. The van der Waals surface area contributed by atoms with Gasteiger partial charge in [0.05, 0.1) is 0 Å². The van der Waals surface area contributed by atoms with Crippen LogP contribution in [0, 0.1) is 0 Å². The van der Waals surface area contributed by atoms with Crippen molar-refractivity contribution in [1.29, 1.82) is 0 Å². The number of pyridine rings is 2. The van der Waals surface area contributed by atoms with E-state index < -0.39 is 6.04 Å². The molecule has 3 heterocycles. The molecule has 1 aromatic carbocycles. The summed E-state index contributed by atoms with van der Waals surface area (Å²) in [6.45, 7) is 5.17. The maximum atomic E-state index is 13.3. The van der Waals surface area contributed by atoms with Crippen molar-refractivity contribution >= 4 is 11.8 Å². The van der Waals surface area contributed by atoms with E-state index in [0.29, 0.717) is 31.7 Å². The highest BCUT2D eigenvalue weighted by molar-refractivity contribution is 5.97. The van der Waals surface area contributed by atoms with Crippen LogP contribution in [0.25, 0.3) is 11.1 Å². The Bertz CT molecular complexity index is 1070. The predicted molar refractivity (Wildman–Crippen MR) is 119 cm³/mol. The minimum atomic E-state index is -0.587. The molecule has 4 rings (SSSR count). The molecule has 0 saturated carbocycles. The smallest absolute Gasteiger partial charge is 0.273 e. The highest BCUT2D eigenvalue weighted by atomic mass is 16.2. The van der Waals surface area contributed by atoms with Crippen molar-refractivity contribution in [3.05, 3.63) is 97.1 Å². The molecule has 1 unspecified atom stereocenters. The third kappa shape index (κ3) is 4.53. The number of aromatic nitrogens is 2. The Labute approximate surface area is 181 Å². The number of carbonyl (C=O) groups is 2. The molecule has 0 spiro atoms. The zero-order valence-corrected chi connectivity index (χ0v) is 17.2. The van der Waals surface area contributed by atoms with Crippen LogP contribution in [0.3, 0.4) is 0 Å². The summed E-state index contributed by atoms with van der Waals surface area (Å²) in [6, 6.07) is 16.6. The summed E-state index contributed by atoms with van der Waals surface area (Å²) in [6.07, 6.45) is 7.26. The van der Waals surface area contributed by atoms with Crippen LogP contribution >= 0.6 is 0 Å². The molecule has 1 aliphatic heterocycles. The van der Waals surface area contributed by atoms with Crippen molar-refractivity contribution in [3.63, 3.8) is 0 Å². The minimum absolute atomic E-state index is 0.0651. The van der Waals surface area contributed by atoms with Crippen molar-refractivity contribution < 1.29 is 9.59 Å². The number of amides is 2. The molecule has 0 aliphatic carbocycles. The van der Waals surface area contributed by atoms with Crippen LogP contribution in [0.15, 0.2) is 85.8 Å². The molecule has 1 saturated heterocycles. The van der Waals surface area contributed by atoms with E-state index in [-0.39, 0.29) is 11.8 Å². The van der Waals surface area contributed by atoms with E-state index in [2.05, 4.69) is 22.6 Å². The maximum absolute atomic E-state index is 13.3. The summed E-state index contributed by atoms with van der Waals surface area (Å²) < 4.78 is 0. The first-order chi connectivity index (χ1) is 15.2. The first kappa shape index (κ1) is 20.5. The van der Waals surface area contributed by atoms with E-state index in [1.165, 1.54) is 0 Å². The lowest BCUT2D eigenvalue weighted by Gasteiger charge is -2.40. The van der Waals surface area contributed by atoms with Gasteiger partial charge in [0.1, 0.15) is 11.7 Å². The molecule has 2 aromatic heterocycles. The Hall–Kier alpha value is -3.80. The standard InChI is InChI=1S/C25H24N4O2/c1-2-14-28-15-16-29(24(30)22-8-3-4-11-27-22)23(25(28)31)18-19-6-5-7-21(17-19)20-9-12-26-13-10-20/h2-13,17,23H,1,14-16,18H2. The molecular weight excluding hydrogens is 388 g/mol. The number of piperazine rings is 1. The zero-order chi connectivity index (χ0) is 21.6. The molecule has 3 aromatic rings. The molecule has 0 radical (unpaired) electrons. The summed E-state index contributed by atoms with van der Waals surface area (Å²) in [5, 5.41) is 0. The van der Waals surface area contributed by atoms with Gasteiger partial charge in [0.15, 0.2) is 0 Å². The quantitative estimate of drug-likeness (QED) is 0.583. The van der Waals surface area contributed by atoms with Crippen LogP contribution in [-0.4, -0.2) is 57.3 Å². The molecule has 31 heavy (non-hydrogen) atoms. The zero-order valence-electron chi connectivity index (χ0n) is 17.2. The SMILES string of the molecule is C=CCN1CCN(C(=O)c2ccccn2)C(Cc2cccc(-c3ccncc3)c2)C1=O. The summed E-state index contributed by atoms with van der Waals surface area (Å²) in [4.78, 5) is 38.1. The second-order valence-corrected chi connectivity index (χ2v) is 7.44. The van der Waals surface area contributed by atoms with Crippen LogP contribution in [0.1, 0.15) is 16.1 Å². The fraction of sp³-hybridized carbons (Fsp3) is 0.200. The topological polar surface area (TPSA) is 66.4 Å². The van der Waals surface area contributed by atoms with E-state index in [4.69, 9.17) is 0 Å². The third-order valence-corrected chi connectivity index (χ3v) is 5.45. The van der Waals surface area contributed by atoms with Crippen LogP contribution in [0.4, 0.5) is 0 Å². The van der Waals surface area contributed by atoms with E-state index in [9.17, 15) is 9.59 Å². The molecule has 0 bridgehead atoms. The normalized spacial score (nSPS) is 16.3. The first-order valence-electron chi connectivity index (χ1n) is 10.3. The van der Waals surface area contributed by atoms with Crippen molar-refractivity contribution in [1.82, 2.24) is 19.8 Å². The van der Waals surface area contributed by atoms with E-state index in [0.717, 1.165) is 16.7 Å². The van der Waals surface area contributed by atoms with Crippen molar-refractivity contribution in [3.8, 4) is 11.1 Å². The van der Waals surface area contributed by atoms with Gasteiger partial charge >= 0.3 is 0 Å². The Kier molecular flexibility index (Phi) is 6.17. The lowest BCUT2D eigenvalue weighted by atomic mass is 9.97. The number of carbonyl (C=O) groups excluding carboxylic acids is 2. The van der Waals surface area contributed by atoms with Crippen molar-refractivity contribution in [2.24, 2.45) is 0 Å². The third-order valence-electron chi connectivity index (χ3n) is 5.45. The highest BCUT2D eigenvalue weighted by Crippen LogP contribution is 2.23. The predicted octanol–water partition coefficient (Wildman–Crippen LogP) is 3.23. The summed E-state index contributed by atoms with van der Waals surface area (Å²) in [5.74, 6) is -0.285. The number of nitrogens with zero attached hydrogens (tertiary/aromatic N) is 4. The van der Waals surface area contributed by atoms with Crippen LogP contribution in [0.5, 0.6) is 0 Å². The summed E-state index contributed by atoms with van der Waals surface area (Å²) >= 11 is 0.